The molecule has 22 heavy (non-hydrogen) atoms. The highest BCUT2D eigenvalue weighted by molar-refractivity contribution is 7.24. The Bertz CT molecular complexity index is 934. The molecule has 1 aromatic heterocycles. The van der Waals surface area contributed by atoms with Crippen LogP contribution in [0.5, 0.6) is 0 Å². The van der Waals surface area contributed by atoms with E-state index < -0.39 is 5.91 Å². The van der Waals surface area contributed by atoms with Gasteiger partial charge in [0.15, 0.2) is 5.43 Å². The van der Waals surface area contributed by atoms with E-state index in [1.54, 1.807) is 18.2 Å². The number of nitrogens with two attached hydrogens (primary N) is 2. The summed E-state index contributed by atoms with van der Waals surface area (Å²) in [5, 5.41) is 4.42. The smallest absolute Gasteiger partial charge is 0.248 e. The Morgan fingerprint density at radius 1 is 1.09 bits per heavy atom. The van der Waals surface area contributed by atoms with Crippen molar-refractivity contribution in [1.29, 1.82) is 0 Å². The van der Waals surface area contributed by atoms with E-state index in [-0.39, 0.29) is 5.43 Å². The molecule has 5 N–H and O–H groups in total. The maximum atomic E-state index is 12.6. The first-order chi connectivity index (χ1) is 10.6. The van der Waals surface area contributed by atoms with Crippen molar-refractivity contribution in [3.8, 4) is 0 Å². The summed E-state index contributed by atoms with van der Waals surface area (Å²) < 4.78 is 1.63. The molecule has 0 saturated heterocycles. The van der Waals surface area contributed by atoms with Crippen molar-refractivity contribution in [1.82, 2.24) is 0 Å². The number of fused-ring (bicyclic) bond motifs is 2. The van der Waals surface area contributed by atoms with Crippen molar-refractivity contribution in [3.05, 3.63) is 52.2 Å². The van der Waals surface area contributed by atoms with Gasteiger partial charge < -0.3 is 16.8 Å². The Balaban J connectivity index is 2.22. The summed E-state index contributed by atoms with van der Waals surface area (Å²) in [6, 6.07) is 10.6. The summed E-state index contributed by atoms with van der Waals surface area (Å²) in [5.41, 5.74) is 12.0. The van der Waals surface area contributed by atoms with Gasteiger partial charge in [-0.3, -0.25) is 9.59 Å². The van der Waals surface area contributed by atoms with Crippen LogP contribution >= 0.6 is 11.3 Å². The van der Waals surface area contributed by atoms with Crippen LogP contribution < -0.4 is 22.2 Å². The molecule has 1 heterocycles. The Kier molecular flexibility index (Phi) is 3.79. The van der Waals surface area contributed by atoms with Gasteiger partial charge in [0.2, 0.25) is 5.91 Å². The minimum atomic E-state index is -0.497. The van der Waals surface area contributed by atoms with Crippen LogP contribution in [-0.4, -0.2) is 19.0 Å². The molecule has 112 valence electrons. The lowest BCUT2D eigenvalue weighted by Crippen LogP contribution is -2.13. The second-order valence-electron chi connectivity index (χ2n) is 4.93. The number of hydrogen-bond donors (Lipinski definition) is 3. The van der Waals surface area contributed by atoms with Gasteiger partial charge >= 0.3 is 0 Å². The summed E-state index contributed by atoms with van der Waals surface area (Å²) in [5.74, 6) is -0.497. The monoisotopic (exact) mass is 313 g/mol. The molecule has 0 radical (unpaired) electrons. The molecule has 6 heteroatoms. The van der Waals surface area contributed by atoms with Gasteiger partial charge in [-0.05, 0) is 36.4 Å². The summed E-state index contributed by atoms with van der Waals surface area (Å²) in [6.45, 7) is 1.18. The predicted octanol–water partition coefficient (Wildman–Crippen LogP) is 1.88. The molecule has 5 nitrogen and oxygen atoms in total. The number of anilines is 1. The topological polar surface area (TPSA) is 98.2 Å². The highest BCUT2D eigenvalue weighted by Crippen LogP contribution is 2.27. The van der Waals surface area contributed by atoms with Gasteiger partial charge in [-0.15, -0.1) is 11.3 Å². The van der Waals surface area contributed by atoms with E-state index in [2.05, 4.69) is 5.32 Å². The van der Waals surface area contributed by atoms with Crippen molar-refractivity contribution >= 4 is 43.1 Å². The summed E-state index contributed by atoms with van der Waals surface area (Å²) in [4.78, 5) is 23.9. The fourth-order valence-electron chi connectivity index (χ4n) is 2.33. The molecule has 0 aliphatic carbocycles. The molecule has 0 bridgehead atoms. The SMILES string of the molecule is NCCNc1ccc2sc3cc(C(N)=O)ccc3c(=O)c2c1. The van der Waals surface area contributed by atoms with Gasteiger partial charge in [0, 0.05) is 44.5 Å². The van der Waals surface area contributed by atoms with Crippen LogP contribution in [0.3, 0.4) is 0 Å². The summed E-state index contributed by atoms with van der Waals surface area (Å²) in [6.07, 6.45) is 0. The maximum Gasteiger partial charge on any atom is 0.248 e. The Morgan fingerprint density at radius 2 is 1.91 bits per heavy atom. The summed E-state index contributed by atoms with van der Waals surface area (Å²) >= 11 is 1.47. The zero-order chi connectivity index (χ0) is 15.7. The van der Waals surface area contributed by atoms with E-state index in [0.717, 1.165) is 15.1 Å². The molecule has 0 fully saturated rings. The largest absolute Gasteiger partial charge is 0.384 e. The van der Waals surface area contributed by atoms with Gasteiger partial charge in [-0.1, -0.05) is 0 Å². The first-order valence-electron chi connectivity index (χ1n) is 6.84. The Labute approximate surface area is 130 Å². The zero-order valence-corrected chi connectivity index (χ0v) is 12.6. The number of benzene rings is 2. The molecule has 0 unspecified atom stereocenters. The summed E-state index contributed by atoms with van der Waals surface area (Å²) in [7, 11) is 0. The third-order valence-electron chi connectivity index (χ3n) is 3.43. The van der Waals surface area contributed by atoms with Crippen molar-refractivity contribution in [2.45, 2.75) is 0 Å². The first kappa shape index (κ1) is 14.5. The van der Waals surface area contributed by atoms with E-state index >= 15 is 0 Å². The molecule has 0 atom stereocenters. The highest BCUT2D eigenvalue weighted by atomic mass is 32.1. The standard InChI is InChI=1S/C16H15N3O2S/c17-5-6-19-10-2-4-13-12(8-10)15(20)11-3-1-9(16(18)21)7-14(11)22-13/h1-4,7-8,19H,5-6,17H2,(H2,18,21). The Hall–Kier alpha value is -2.44. The molecule has 0 saturated carbocycles. The number of nitrogens with one attached hydrogen (secondary N) is 1. The molecule has 2 aromatic carbocycles. The minimum absolute atomic E-state index is 0.0452. The van der Waals surface area contributed by atoms with E-state index in [0.29, 0.717) is 29.4 Å². The average molecular weight is 313 g/mol. The van der Waals surface area contributed by atoms with Crippen molar-refractivity contribution in [2.24, 2.45) is 11.5 Å². The van der Waals surface area contributed by atoms with Crippen LogP contribution in [-0.2, 0) is 0 Å². The van der Waals surface area contributed by atoms with Crippen LogP contribution in [0.4, 0.5) is 5.69 Å². The van der Waals surface area contributed by atoms with Crippen molar-refractivity contribution < 1.29 is 4.79 Å². The molecule has 3 rings (SSSR count). The van der Waals surface area contributed by atoms with Gasteiger partial charge in [0.1, 0.15) is 0 Å². The lowest BCUT2D eigenvalue weighted by Gasteiger charge is -2.07. The number of rotatable bonds is 4. The molecular weight excluding hydrogens is 298 g/mol. The fraction of sp³-hybridized carbons (Fsp3) is 0.125. The number of amides is 1. The maximum absolute atomic E-state index is 12.6. The van der Waals surface area contributed by atoms with Crippen LogP contribution in [0.1, 0.15) is 10.4 Å². The molecule has 0 aliphatic rings. The lowest BCUT2D eigenvalue weighted by molar-refractivity contribution is 0.100. The number of hydrogen-bond acceptors (Lipinski definition) is 5. The van der Waals surface area contributed by atoms with E-state index in [4.69, 9.17) is 11.5 Å². The molecule has 0 aliphatic heterocycles. The third-order valence-corrected chi connectivity index (χ3v) is 4.56. The second-order valence-corrected chi connectivity index (χ2v) is 6.02. The van der Waals surface area contributed by atoms with Gasteiger partial charge in [0.05, 0.1) is 0 Å². The second kappa shape index (κ2) is 5.75. The third kappa shape index (κ3) is 2.54. The van der Waals surface area contributed by atoms with Crippen LogP contribution in [0.2, 0.25) is 0 Å². The van der Waals surface area contributed by atoms with Crippen LogP contribution in [0.25, 0.3) is 20.2 Å². The quantitative estimate of drug-likeness (QED) is 0.641. The number of carbonyl (C=O) groups is 1. The first-order valence-corrected chi connectivity index (χ1v) is 7.66. The Morgan fingerprint density at radius 3 is 2.64 bits per heavy atom. The average Bonchev–Trinajstić information content (AvgIpc) is 2.52. The van der Waals surface area contributed by atoms with Gasteiger partial charge in [-0.2, -0.15) is 0 Å². The van der Waals surface area contributed by atoms with Gasteiger partial charge in [0.25, 0.3) is 0 Å². The lowest BCUT2D eigenvalue weighted by atomic mass is 10.1. The fourth-order valence-corrected chi connectivity index (χ4v) is 3.43. The van der Waals surface area contributed by atoms with E-state index in [1.165, 1.54) is 11.3 Å². The van der Waals surface area contributed by atoms with Crippen molar-refractivity contribution in [3.63, 3.8) is 0 Å². The van der Waals surface area contributed by atoms with Crippen LogP contribution in [0, 0.1) is 0 Å². The number of primary amides is 1. The normalized spacial score (nSPS) is 11.0. The molecule has 3 aromatic rings. The van der Waals surface area contributed by atoms with Crippen LogP contribution in [0.15, 0.2) is 41.2 Å². The zero-order valence-electron chi connectivity index (χ0n) is 11.8. The van der Waals surface area contributed by atoms with E-state index in [9.17, 15) is 9.59 Å². The van der Waals surface area contributed by atoms with Crippen molar-refractivity contribution in [2.75, 3.05) is 18.4 Å². The van der Waals surface area contributed by atoms with Gasteiger partial charge in [-0.25, -0.2) is 0 Å². The predicted molar refractivity (Wildman–Crippen MR) is 91.7 cm³/mol. The highest BCUT2D eigenvalue weighted by Gasteiger charge is 2.09. The molecular formula is C16H15N3O2S. The minimum Gasteiger partial charge on any atom is -0.384 e. The number of carbonyl (C=O) groups excluding carboxylic acids is 1. The molecule has 1 amide bonds. The van der Waals surface area contributed by atoms with E-state index in [1.807, 2.05) is 18.2 Å². The molecule has 0 spiro atoms.